The second kappa shape index (κ2) is 8.33. The molecule has 0 unspecified atom stereocenters. The highest BCUT2D eigenvalue weighted by Crippen LogP contribution is 2.27. The normalized spacial score (nSPS) is 10.4. The molecule has 0 N–H and O–H groups in total. The summed E-state index contributed by atoms with van der Waals surface area (Å²) in [4.78, 5) is 0. The van der Waals surface area contributed by atoms with Crippen LogP contribution in [0, 0.1) is 11.3 Å². The number of para-hydroxylation sites is 2. The van der Waals surface area contributed by atoms with Crippen LogP contribution >= 0.6 is 11.8 Å². The molecule has 0 amide bonds. The van der Waals surface area contributed by atoms with Crippen LogP contribution in [0.4, 0.5) is 0 Å². The molecule has 0 saturated carbocycles. The third kappa shape index (κ3) is 4.00. The highest BCUT2D eigenvalue weighted by molar-refractivity contribution is 7.99. The highest BCUT2D eigenvalue weighted by Gasteiger charge is 2.16. The van der Waals surface area contributed by atoms with E-state index in [4.69, 9.17) is 10.00 Å². The molecule has 2 aromatic carbocycles. The largest absolute Gasteiger partial charge is 0.486 e. The fourth-order valence-corrected chi connectivity index (χ4v) is 3.28. The van der Waals surface area contributed by atoms with Crippen LogP contribution in [0.15, 0.2) is 83.0 Å². The molecule has 0 aliphatic heterocycles. The van der Waals surface area contributed by atoms with Gasteiger partial charge in [-0.25, -0.2) is 0 Å². The van der Waals surface area contributed by atoms with Crippen molar-refractivity contribution in [3.8, 4) is 17.5 Å². The van der Waals surface area contributed by atoms with Gasteiger partial charge in [-0.05, 0) is 48.2 Å². The lowest BCUT2D eigenvalue weighted by Crippen LogP contribution is -2.06. The van der Waals surface area contributed by atoms with Gasteiger partial charge in [0, 0.05) is 5.69 Å². The number of nitrogens with zero attached hydrogens (tertiary/aromatic N) is 6. The van der Waals surface area contributed by atoms with Crippen LogP contribution in [0.3, 0.4) is 0 Å². The van der Waals surface area contributed by atoms with Crippen molar-refractivity contribution in [3.63, 3.8) is 0 Å². The molecule has 2 aromatic heterocycles. The molecule has 136 valence electrons. The molecule has 8 heteroatoms. The molecule has 0 bridgehead atoms. The van der Waals surface area contributed by atoms with Gasteiger partial charge < -0.3 is 4.74 Å². The van der Waals surface area contributed by atoms with Crippen molar-refractivity contribution in [3.05, 3.63) is 84.3 Å². The minimum atomic E-state index is 0.269. The lowest BCUT2D eigenvalue weighted by atomic mass is 10.3. The van der Waals surface area contributed by atoms with Gasteiger partial charge in [-0.3, -0.25) is 4.57 Å². The third-order valence-electron chi connectivity index (χ3n) is 3.78. The van der Waals surface area contributed by atoms with E-state index in [1.165, 1.54) is 11.8 Å². The summed E-state index contributed by atoms with van der Waals surface area (Å²) in [6.07, 6.45) is 0. The maximum atomic E-state index is 8.87. The van der Waals surface area contributed by atoms with Gasteiger partial charge >= 0.3 is 0 Å². The fraction of sp³-hybridized carbons (Fsp3) is 0.0500. The zero-order valence-corrected chi connectivity index (χ0v) is 15.5. The number of aromatic nitrogens is 5. The average Bonchev–Trinajstić information content (AvgIpc) is 3.16. The molecule has 0 aliphatic carbocycles. The van der Waals surface area contributed by atoms with E-state index in [2.05, 4.69) is 20.4 Å². The van der Waals surface area contributed by atoms with E-state index in [0.717, 1.165) is 11.4 Å². The second-order valence-corrected chi connectivity index (χ2v) is 6.63. The minimum Gasteiger partial charge on any atom is -0.486 e. The van der Waals surface area contributed by atoms with Crippen molar-refractivity contribution >= 4 is 11.8 Å². The summed E-state index contributed by atoms with van der Waals surface area (Å²) < 4.78 is 7.78. The molecule has 4 rings (SSSR count). The quantitative estimate of drug-likeness (QED) is 0.499. The van der Waals surface area contributed by atoms with Crippen molar-refractivity contribution in [2.75, 3.05) is 0 Å². The molecule has 7 nitrogen and oxygen atoms in total. The van der Waals surface area contributed by atoms with Gasteiger partial charge in [-0.2, -0.15) is 5.26 Å². The Bertz CT molecular complexity index is 1090. The Balaban J connectivity index is 1.64. The van der Waals surface area contributed by atoms with Gasteiger partial charge in [0.2, 0.25) is 5.16 Å². The maximum Gasteiger partial charge on any atom is 0.202 e. The third-order valence-corrected chi connectivity index (χ3v) is 4.65. The van der Waals surface area contributed by atoms with Crippen LogP contribution in [0.1, 0.15) is 11.5 Å². The van der Waals surface area contributed by atoms with Crippen LogP contribution in [0.25, 0.3) is 5.69 Å². The highest BCUT2D eigenvalue weighted by atomic mass is 32.2. The molecule has 28 heavy (non-hydrogen) atoms. The molecule has 0 aliphatic rings. The summed E-state index contributed by atoms with van der Waals surface area (Å²) in [5.74, 6) is 1.43. The van der Waals surface area contributed by atoms with E-state index in [-0.39, 0.29) is 12.3 Å². The summed E-state index contributed by atoms with van der Waals surface area (Å²) in [6, 6.07) is 24.7. The minimum absolute atomic E-state index is 0.269. The number of nitriles is 1. The Morgan fingerprint density at radius 2 is 1.61 bits per heavy atom. The van der Waals surface area contributed by atoms with E-state index in [0.29, 0.717) is 16.0 Å². The number of rotatable bonds is 6. The van der Waals surface area contributed by atoms with Crippen LogP contribution < -0.4 is 4.74 Å². The maximum absolute atomic E-state index is 8.87. The van der Waals surface area contributed by atoms with Crippen molar-refractivity contribution in [2.45, 2.75) is 16.8 Å². The Morgan fingerprint density at radius 3 is 2.29 bits per heavy atom. The van der Waals surface area contributed by atoms with Gasteiger partial charge in [-0.1, -0.05) is 36.4 Å². The number of benzene rings is 2. The predicted octanol–water partition coefficient (Wildman–Crippen LogP) is 3.66. The Hall–Kier alpha value is -3.70. The molecule has 0 atom stereocenters. The molecule has 0 radical (unpaired) electrons. The van der Waals surface area contributed by atoms with Gasteiger partial charge in [0.25, 0.3) is 0 Å². The van der Waals surface area contributed by atoms with Gasteiger partial charge in [-0.15, -0.1) is 20.4 Å². The Kier molecular flexibility index (Phi) is 5.26. The topological polar surface area (TPSA) is 89.5 Å². The first-order valence-corrected chi connectivity index (χ1v) is 9.24. The first-order chi connectivity index (χ1) is 13.8. The summed E-state index contributed by atoms with van der Waals surface area (Å²) in [5.41, 5.74) is 1.19. The molecular formula is C20H14N6OS. The summed E-state index contributed by atoms with van der Waals surface area (Å²) in [5, 5.41) is 26.7. The van der Waals surface area contributed by atoms with E-state index >= 15 is 0 Å². The Labute approximate surface area is 165 Å². The first kappa shape index (κ1) is 17.7. The molecular weight excluding hydrogens is 372 g/mol. The Morgan fingerprint density at radius 1 is 0.857 bits per heavy atom. The predicted molar refractivity (Wildman–Crippen MR) is 103 cm³/mol. The molecule has 0 spiro atoms. The standard InChI is InChI=1S/C20H14N6OS/c21-13-15-11-12-19(24-22-15)28-20-25-23-18(14-27-17-9-5-2-6-10-17)26(20)16-7-3-1-4-8-16/h1-12H,14H2. The van der Waals surface area contributed by atoms with E-state index in [9.17, 15) is 0 Å². The number of ether oxygens (including phenoxy) is 1. The lowest BCUT2D eigenvalue weighted by molar-refractivity contribution is 0.293. The number of hydrogen-bond donors (Lipinski definition) is 0. The summed E-state index contributed by atoms with van der Waals surface area (Å²) in [6.45, 7) is 0.269. The van der Waals surface area contributed by atoms with Crippen molar-refractivity contribution in [2.24, 2.45) is 0 Å². The van der Waals surface area contributed by atoms with E-state index in [1.54, 1.807) is 12.1 Å². The van der Waals surface area contributed by atoms with Gasteiger partial charge in [0.15, 0.2) is 11.5 Å². The second-order valence-electron chi connectivity index (χ2n) is 5.64. The van der Waals surface area contributed by atoms with Crippen LogP contribution in [0.2, 0.25) is 0 Å². The molecule has 4 aromatic rings. The smallest absolute Gasteiger partial charge is 0.202 e. The zero-order chi connectivity index (χ0) is 19.2. The first-order valence-electron chi connectivity index (χ1n) is 8.43. The summed E-state index contributed by atoms with van der Waals surface area (Å²) >= 11 is 1.32. The van der Waals surface area contributed by atoms with E-state index < -0.39 is 0 Å². The van der Waals surface area contributed by atoms with Crippen LogP contribution in [-0.4, -0.2) is 25.0 Å². The monoisotopic (exact) mass is 386 g/mol. The molecule has 2 heterocycles. The van der Waals surface area contributed by atoms with Crippen LogP contribution in [0.5, 0.6) is 5.75 Å². The SMILES string of the molecule is N#Cc1ccc(Sc2nnc(COc3ccccc3)n2-c2ccccc2)nn1. The molecule has 0 saturated heterocycles. The van der Waals surface area contributed by atoms with Crippen molar-refractivity contribution < 1.29 is 4.74 Å². The van der Waals surface area contributed by atoms with Gasteiger partial charge in [0.1, 0.15) is 23.5 Å². The fourth-order valence-electron chi connectivity index (χ4n) is 2.49. The average molecular weight is 386 g/mol. The zero-order valence-electron chi connectivity index (χ0n) is 14.6. The molecule has 0 fully saturated rings. The lowest BCUT2D eigenvalue weighted by Gasteiger charge is -2.10. The summed E-state index contributed by atoms with van der Waals surface area (Å²) in [7, 11) is 0. The van der Waals surface area contributed by atoms with E-state index in [1.807, 2.05) is 71.3 Å². The number of hydrogen-bond acceptors (Lipinski definition) is 7. The van der Waals surface area contributed by atoms with Crippen molar-refractivity contribution in [1.82, 2.24) is 25.0 Å². The van der Waals surface area contributed by atoms with Crippen molar-refractivity contribution in [1.29, 1.82) is 5.26 Å². The van der Waals surface area contributed by atoms with Crippen LogP contribution in [-0.2, 0) is 6.61 Å². The van der Waals surface area contributed by atoms with Gasteiger partial charge in [0.05, 0.1) is 0 Å².